The average molecular weight is 175 g/mol. The topological polar surface area (TPSA) is 3.88 Å². The predicted molar refractivity (Wildman–Crippen MR) is 50.7 cm³/mol. The van der Waals surface area contributed by atoms with Crippen LogP contribution in [0.2, 0.25) is 0 Å². The van der Waals surface area contributed by atoms with E-state index in [0.29, 0.717) is 0 Å². The van der Waals surface area contributed by atoms with Gasteiger partial charge in [0.2, 0.25) is 0 Å². The van der Waals surface area contributed by atoms with Gasteiger partial charge >= 0.3 is 0 Å². The van der Waals surface area contributed by atoms with Gasteiger partial charge in [-0.15, -0.1) is 0 Å². The quantitative estimate of drug-likeness (QED) is 0.462. The molecule has 2 heteroatoms. The highest BCUT2D eigenvalue weighted by Gasteiger charge is 2.00. The molecule has 0 bridgehead atoms. The Morgan fingerprint density at radius 2 is 2.08 bits per heavy atom. The smallest absolute Gasteiger partial charge is 0.122 e. The minimum absolute atomic E-state index is 1.16. The van der Waals surface area contributed by atoms with Crippen molar-refractivity contribution in [3.63, 3.8) is 0 Å². The lowest BCUT2D eigenvalue weighted by Gasteiger charge is -2.02. The lowest BCUT2D eigenvalue weighted by molar-refractivity contribution is -0.600. The van der Waals surface area contributed by atoms with Gasteiger partial charge in [-0.1, -0.05) is 24.3 Å². The lowest BCUT2D eigenvalue weighted by Crippen LogP contribution is -2.26. The van der Waals surface area contributed by atoms with E-state index in [1.165, 1.54) is 4.88 Å². The molecule has 2 aromatic heterocycles. The number of hydrogen-bond donors (Lipinski definition) is 0. The van der Waals surface area contributed by atoms with Gasteiger partial charge in [0.05, 0.1) is 6.20 Å². The van der Waals surface area contributed by atoms with Gasteiger partial charge in [0.15, 0.2) is 0 Å². The van der Waals surface area contributed by atoms with E-state index in [4.69, 9.17) is 0 Å². The van der Waals surface area contributed by atoms with Crippen molar-refractivity contribution in [2.45, 2.75) is 0 Å². The molecule has 0 spiro atoms. The summed E-state index contributed by atoms with van der Waals surface area (Å²) in [6.45, 7) is 0. The summed E-state index contributed by atoms with van der Waals surface area (Å²) < 4.78 is 1.88. The van der Waals surface area contributed by atoms with Crippen LogP contribution in [0.25, 0.3) is 10.6 Å². The van der Waals surface area contributed by atoms with Crippen molar-refractivity contribution in [3.8, 4) is 10.6 Å². The zero-order valence-electron chi connectivity index (χ0n) is 6.60. The van der Waals surface area contributed by atoms with E-state index in [1.54, 1.807) is 11.3 Å². The second kappa shape index (κ2) is 2.99. The van der Waals surface area contributed by atoms with Gasteiger partial charge in [0.1, 0.15) is 5.69 Å². The van der Waals surface area contributed by atoms with E-state index in [1.807, 2.05) is 29.0 Å². The second-order valence-electron chi connectivity index (χ2n) is 2.53. The number of rotatable bonds is 1. The maximum atomic E-state index is 3.90. The molecule has 0 N–H and O–H groups in total. The molecule has 0 saturated heterocycles. The van der Waals surface area contributed by atoms with E-state index >= 15 is 0 Å². The first-order chi connectivity index (χ1) is 5.88. The van der Waals surface area contributed by atoms with Crippen molar-refractivity contribution < 1.29 is 4.57 Å². The molecule has 2 rings (SSSR count). The monoisotopic (exact) mass is 175 g/mol. The zero-order valence-corrected chi connectivity index (χ0v) is 7.42. The van der Waals surface area contributed by atoms with E-state index in [0.717, 1.165) is 5.69 Å². The summed E-state index contributed by atoms with van der Waals surface area (Å²) in [7, 11) is 3.90. The summed E-state index contributed by atoms with van der Waals surface area (Å²) in [5.74, 6) is 0. The van der Waals surface area contributed by atoms with Gasteiger partial charge in [-0.3, -0.25) is 0 Å². The number of aromatic nitrogens is 1. The number of nitrogens with zero attached hydrogens (tertiary/aromatic N) is 1. The summed E-state index contributed by atoms with van der Waals surface area (Å²) in [6, 6.07) is 10.2. The third-order valence-corrected chi connectivity index (χ3v) is 2.61. The molecule has 2 heterocycles. The molecule has 0 aliphatic rings. The summed E-state index contributed by atoms with van der Waals surface area (Å²) in [6.07, 6.45) is 1.95. The van der Waals surface area contributed by atoms with E-state index in [2.05, 4.69) is 24.6 Å². The Kier molecular flexibility index (Phi) is 1.84. The van der Waals surface area contributed by atoms with Crippen molar-refractivity contribution in [1.82, 2.24) is 0 Å². The molecule has 60 valence electrons. The van der Waals surface area contributed by atoms with Crippen LogP contribution in [0.15, 0.2) is 41.9 Å². The Bertz CT molecular complexity index is 365. The fraction of sp³-hybridized carbons (Fsp3) is 0. The molecular formula is C10H9NS. The minimum atomic E-state index is 1.16. The molecule has 0 atom stereocenters. The minimum Gasteiger partial charge on any atom is -0.332 e. The van der Waals surface area contributed by atoms with E-state index < -0.39 is 0 Å². The Morgan fingerprint density at radius 1 is 1.17 bits per heavy atom. The predicted octanol–water partition coefficient (Wildman–Crippen LogP) is 2.34. The van der Waals surface area contributed by atoms with Gasteiger partial charge in [0, 0.05) is 11.9 Å². The van der Waals surface area contributed by atoms with Crippen LogP contribution in [0.1, 0.15) is 0 Å². The van der Waals surface area contributed by atoms with Crippen molar-refractivity contribution in [2.75, 3.05) is 0 Å². The summed E-state index contributed by atoms with van der Waals surface area (Å²) in [4.78, 5) is 1.26. The molecule has 2 aromatic rings. The first-order valence-electron chi connectivity index (χ1n) is 3.73. The standard InChI is InChI=1S/C10H9NS/c1-11-7-3-2-5-9(11)10-6-4-8-12-10/h2-8H,1H2. The van der Waals surface area contributed by atoms with Gasteiger partial charge in [-0.25, -0.2) is 0 Å². The molecule has 0 unspecified atom stereocenters. The van der Waals surface area contributed by atoms with Crippen molar-refractivity contribution in [3.05, 3.63) is 49.0 Å². The van der Waals surface area contributed by atoms with Gasteiger partial charge in [0.25, 0.3) is 0 Å². The van der Waals surface area contributed by atoms with Gasteiger partial charge in [-0.2, -0.15) is 11.3 Å². The molecule has 0 aliphatic carbocycles. The molecule has 0 amide bonds. The van der Waals surface area contributed by atoms with Crippen molar-refractivity contribution in [2.24, 2.45) is 0 Å². The van der Waals surface area contributed by atoms with E-state index in [-0.39, 0.29) is 0 Å². The number of pyridine rings is 1. The van der Waals surface area contributed by atoms with Gasteiger partial charge in [-0.05, 0) is 11.4 Å². The van der Waals surface area contributed by atoms with Crippen molar-refractivity contribution >= 4 is 11.3 Å². The normalized spacial score (nSPS) is 10.0. The van der Waals surface area contributed by atoms with Crippen LogP contribution >= 0.6 is 11.3 Å². The maximum Gasteiger partial charge on any atom is 0.122 e. The Balaban J connectivity index is 2.55. The zero-order chi connectivity index (χ0) is 8.39. The molecule has 0 aliphatic heterocycles. The van der Waals surface area contributed by atoms with Gasteiger partial charge < -0.3 is 4.57 Å². The third kappa shape index (κ3) is 1.21. The SMILES string of the molecule is [CH2-][n+]1ccccc1-c1cccs1. The van der Waals surface area contributed by atoms with Crippen LogP contribution in [0, 0.1) is 7.05 Å². The summed E-state index contributed by atoms with van der Waals surface area (Å²) in [5, 5.41) is 2.07. The van der Waals surface area contributed by atoms with Crippen LogP contribution < -0.4 is 4.57 Å². The lowest BCUT2D eigenvalue weighted by atomic mass is 10.3. The van der Waals surface area contributed by atoms with E-state index in [9.17, 15) is 0 Å². The van der Waals surface area contributed by atoms with Crippen LogP contribution in [-0.2, 0) is 0 Å². The highest BCUT2D eigenvalue weighted by Crippen LogP contribution is 2.20. The first-order valence-corrected chi connectivity index (χ1v) is 4.61. The van der Waals surface area contributed by atoms with Crippen LogP contribution in [0.3, 0.4) is 0 Å². The molecule has 0 fully saturated rings. The Morgan fingerprint density at radius 3 is 2.75 bits per heavy atom. The highest BCUT2D eigenvalue weighted by molar-refractivity contribution is 7.13. The van der Waals surface area contributed by atoms with Crippen LogP contribution in [0.5, 0.6) is 0 Å². The summed E-state index contributed by atoms with van der Waals surface area (Å²) in [5.41, 5.74) is 1.16. The maximum absolute atomic E-state index is 3.90. The van der Waals surface area contributed by atoms with Crippen molar-refractivity contribution in [1.29, 1.82) is 0 Å². The Hall–Kier alpha value is -1.28. The fourth-order valence-corrected chi connectivity index (χ4v) is 1.89. The molecule has 1 nitrogen and oxygen atoms in total. The fourth-order valence-electron chi connectivity index (χ4n) is 1.12. The average Bonchev–Trinajstić information content (AvgIpc) is 2.57. The molecule has 0 radical (unpaired) electrons. The Labute approximate surface area is 75.9 Å². The molecule has 0 aromatic carbocycles. The number of hydrogen-bond acceptors (Lipinski definition) is 1. The molecule has 0 saturated carbocycles. The second-order valence-corrected chi connectivity index (χ2v) is 3.48. The van der Waals surface area contributed by atoms with Crippen LogP contribution in [-0.4, -0.2) is 0 Å². The third-order valence-electron chi connectivity index (χ3n) is 1.71. The van der Waals surface area contributed by atoms with Crippen LogP contribution in [0.4, 0.5) is 0 Å². The highest BCUT2D eigenvalue weighted by atomic mass is 32.1. The summed E-state index contributed by atoms with van der Waals surface area (Å²) >= 11 is 1.73. The molecule has 12 heavy (non-hydrogen) atoms. The molecular weight excluding hydrogens is 166 g/mol. The largest absolute Gasteiger partial charge is 0.332 e. The number of thiophene rings is 1. The first kappa shape index (κ1) is 7.37.